The van der Waals surface area contributed by atoms with Crippen molar-refractivity contribution < 1.29 is 4.79 Å². The molecule has 4 rings (SSSR count). The van der Waals surface area contributed by atoms with E-state index in [1.807, 2.05) is 47.9 Å². The third-order valence-corrected chi connectivity index (χ3v) is 4.80. The standard InChI is InChI=1S/C22H19N5O/c1-15-6-8-17(9-7-15)26-22(28)21-20(25-14-16-4-2-10-24-13-16)18(12-23)19-5-3-11-27(19)21/h2,4,6-10,13-14H,3,5,11H2,1H3,(H,26,28). The largest absolute Gasteiger partial charge is 0.337 e. The molecule has 1 aromatic carbocycles. The molecule has 3 aromatic rings. The minimum absolute atomic E-state index is 0.258. The van der Waals surface area contributed by atoms with Gasteiger partial charge in [-0.15, -0.1) is 0 Å². The average molecular weight is 369 g/mol. The first-order valence-corrected chi connectivity index (χ1v) is 9.15. The summed E-state index contributed by atoms with van der Waals surface area (Å²) in [5, 5.41) is 12.6. The number of pyridine rings is 1. The van der Waals surface area contributed by atoms with Crippen molar-refractivity contribution in [1.82, 2.24) is 9.55 Å². The molecule has 0 bridgehead atoms. The van der Waals surface area contributed by atoms with Crippen molar-refractivity contribution in [2.45, 2.75) is 26.3 Å². The van der Waals surface area contributed by atoms with Gasteiger partial charge >= 0.3 is 0 Å². The Bertz CT molecular complexity index is 1090. The van der Waals surface area contributed by atoms with Crippen molar-refractivity contribution in [1.29, 1.82) is 5.26 Å². The molecule has 2 aromatic heterocycles. The van der Waals surface area contributed by atoms with Crippen LogP contribution in [-0.4, -0.2) is 21.7 Å². The number of carbonyl (C=O) groups excluding carboxylic acids is 1. The van der Waals surface area contributed by atoms with E-state index in [9.17, 15) is 10.1 Å². The van der Waals surface area contributed by atoms with E-state index >= 15 is 0 Å². The predicted octanol–water partition coefficient (Wildman–Crippen LogP) is 4.01. The number of benzene rings is 1. The molecule has 0 saturated heterocycles. The van der Waals surface area contributed by atoms with Crippen LogP contribution in [0.2, 0.25) is 0 Å². The maximum absolute atomic E-state index is 13.1. The Labute approximate surface area is 163 Å². The van der Waals surface area contributed by atoms with Crippen LogP contribution in [0.25, 0.3) is 0 Å². The van der Waals surface area contributed by atoms with E-state index in [0.29, 0.717) is 29.2 Å². The fraction of sp³-hybridized carbons (Fsp3) is 0.182. The Morgan fingerprint density at radius 3 is 2.86 bits per heavy atom. The van der Waals surface area contributed by atoms with Gasteiger partial charge in [0, 0.05) is 42.1 Å². The minimum Gasteiger partial charge on any atom is -0.337 e. The molecular formula is C22H19N5O. The lowest BCUT2D eigenvalue weighted by Gasteiger charge is -2.09. The number of carbonyl (C=O) groups is 1. The molecule has 138 valence electrons. The van der Waals surface area contributed by atoms with Crippen LogP contribution in [0, 0.1) is 18.3 Å². The molecule has 1 aliphatic rings. The van der Waals surface area contributed by atoms with Gasteiger partial charge < -0.3 is 9.88 Å². The third kappa shape index (κ3) is 3.30. The van der Waals surface area contributed by atoms with E-state index in [0.717, 1.165) is 29.7 Å². The van der Waals surface area contributed by atoms with Crippen LogP contribution in [0.15, 0.2) is 53.8 Å². The Kier molecular flexibility index (Phi) is 4.73. The zero-order valence-corrected chi connectivity index (χ0v) is 15.5. The zero-order valence-electron chi connectivity index (χ0n) is 15.5. The van der Waals surface area contributed by atoms with Crippen LogP contribution >= 0.6 is 0 Å². The minimum atomic E-state index is -0.258. The summed E-state index contributed by atoms with van der Waals surface area (Å²) in [6.07, 6.45) is 6.70. The summed E-state index contributed by atoms with van der Waals surface area (Å²) < 4.78 is 1.93. The van der Waals surface area contributed by atoms with Crippen LogP contribution in [0.3, 0.4) is 0 Å². The second-order valence-electron chi connectivity index (χ2n) is 6.75. The fourth-order valence-electron chi connectivity index (χ4n) is 3.46. The lowest BCUT2D eigenvalue weighted by molar-refractivity contribution is 0.101. The van der Waals surface area contributed by atoms with Crippen molar-refractivity contribution in [3.8, 4) is 6.07 Å². The molecule has 0 atom stereocenters. The van der Waals surface area contributed by atoms with Crippen LogP contribution in [-0.2, 0) is 13.0 Å². The van der Waals surface area contributed by atoms with Crippen molar-refractivity contribution >= 4 is 23.5 Å². The van der Waals surface area contributed by atoms with Crippen molar-refractivity contribution in [2.75, 3.05) is 5.32 Å². The van der Waals surface area contributed by atoms with Gasteiger partial charge in [0.05, 0.1) is 5.56 Å². The van der Waals surface area contributed by atoms with Gasteiger partial charge in [-0.25, -0.2) is 0 Å². The Hall–Kier alpha value is -3.72. The Morgan fingerprint density at radius 1 is 1.32 bits per heavy atom. The maximum atomic E-state index is 13.1. The number of nitriles is 1. The van der Waals surface area contributed by atoms with E-state index < -0.39 is 0 Å². The van der Waals surface area contributed by atoms with E-state index in [4.69, 9.17) is 0 Å². The second kappa shape index (κ2) is 7.49. The number of nitrogens with zero attached hydrogens (tertiary/aromatic N) is 4. The van der Waals surface area contributed by atoms with Crippen molar-refractivity contribution in [3.05, 3.63) is 76.9 Å². The molecule has 0 spiro atoms. The second-order valence-corrected chi connectivity index (χ2v) is 6.75. The number of aromatic nitrogens is 2. The van der Waals surface area contributed by atoms with E-state index in [1.54, 1.807) is 18.6 Å². The Balaban J connectivity index is 1.75. The van der Waals surface area contributed by atoms with Crippen LogP contribution in [0.1, 0.15) is 39.3 Å². The van der Waals surface area contributed by atoms with E-state index in [1.165, 1.54) is 0 Å². The fourth-order valence-corrected chi connectivity index (χ4v) is 3.46. The van der Waals surface area contributed by atoms with Gasteiger partial charge in [-0.2, -0.15) is 5.26 Å². The van der Waals surface area contributed by atoms with E-state index in [2.05, 4.69) is 21.4 Å². The summed E-state index contributed by atoms with van der Waals surface area (Å²) in [4.78, 5) is 21.7. The first kappa shape index (κ1) is 17.7. The third-order valence-electron chi connectivity index (χ3n) is 4.80. The SMILES string of the molecule is Cc1ccc(NC(=O)c2c(N=Cc3cccnc3)c(C#N)c3n2CCC3)cc1. The molecule has 1 amide bonds. The molecular weight excluding hydrogens is 350 g/mol. The first-order chi connectivity index (χ1) is 13.7. The van der Waals surface area contributed by atoms with Gasteiger partial charge in [-0.3, -0.25) is 14.8 Å². The van der Waals surface area contributed by atoms with Gasteiger partial charge in [0.25, 0.3) is 5.91 Å². The molecule has 3 heterocycles. The molecule has 0 radical (unpaired) electrons. The van der Waals surface area contributed by atoms with Crippen LogP contribution in [0.4, 0.5) is 11.4 Å². The summed E-state index contributed by atoms with van der Waals surface area (Å²) in [6, 6.07) is 13.6. The maximum Gasteiger partial charge on any atom is 0.274 e. The molecule has 6 heteroatoms. The number of rotatable bonds is 4. The summed E-state index contributed by atoms with van der Waals surface area (Å²) >= 11 is 0. The highest BCUT2D eigenvalue weighted by atomic mass is 16.2. The van der Waals surface area contributed by atoms with Crippen molar-refractivity contribution in [2.24, 2.45) is 4.99 Å². The van der Waals surface area contributed by atoms with E-state index in [-0.39, 0.29) is 5.91 Å². The monoisotopic (exact) mass is 369 g/mol. The van der Waals surface area contributed by atoms with Gasteiger partial charge in [-0.1, -0.05) is 23.8 Å². The number of hydrogen-bond acceptors (Lipinski definition) is 4. The number of anilines is 1. The number of aryl methyl sites for hydroxylation is 1. The molecule has 0 aliphatic carbocycles. The molecule has 28 heavy (non-hydrogen) atoms. The lowest BCUT2D eigenvalue weighted by Crippen LogP contribution is -2.16. The smallest absolute Gasteiger partial charge is 0.274 e. The number of fused-ring (bicyclic) bond motifs is 1. The highest BCUT2D eigenvalue weighted by Crippen LogP contribution is 2.35. The average Bonchev–Trinajstić information content (AvgIpc) is 3.28. The highest BCUT2D eigenvalue weighted by molar-refractivity contribution is 6.08. The van der Waals surface area contributed by atoms with Crippen LogP contribution in [0.5, 0.6) is 0 Å². The normalized spacial score (nSPS) is 12.7. The molecule has 0 fully saturated rings. The number of hydrogen-bond donors (Lipinski definition) is 1. The molecule has 1 aliphatic heterocycles. The topological polar surface area (TPSA) is 83.1 Å². The predicted molar refractivity (Wildman–Crippen MR) is 108 cm³/mol. The van der Waals surface area contributed by atoms with Crippen LogP contribution < -0.4 is 5.32 Å². The molecule has 1 N–H and O–H groups in total. The first-order valence-electron chi connectivity index (χ1n) is 9.15. The van der Waals surface area contributed by atoms with Gasteiger partial charge in [-0.05, 0) is 38.0 Å². The molecule has 0 unspecified atom stereocenters. The molecule has 6 nitrogen and oxygen atoms in total. The summed E-state index contributed by atoms with van der Waals surface area (Å²) in [6.45, 7) is 2.71. The lowest BCUT2D eigenvalue weighted by atomic mass is 10.1. The summed E-state index contributed by atoms with van der Waals surface area (Å²) in [5.41, 5.74) is 4.86. The molecule has 0 saturated carbocycles. The highest BCUT2D eigenvalue weighted by Gasteiger charge is 2.29. The van der Waals surface area contributed by atoms with Gasteiger partial charge in [0.1, 0.15) is 17.5 Å². The summed E-state index contributed by atoms with van der Waals surface area (Å²) in [7, 11) is 0. The quantitative estimate of drug-likeness (QED) is 0.705. The number of aliphatic imine (C=N–C) groups is 1. The summed E-state index contributed by atoms with van der Waals surface area (Å²) in [5.74, 6) is -0.258. The van der Waals surface area contributed by atoms with Crippen molar-refractivity contribution in [3.63, 3.8) is 0 Å². The number of amides is 1. The van der Waals surface area contributed by atoms with Gasteiger partial charge in [0.15, 0.2) is 0 Å². The zero-order chi connectivity index (χ0) is 19.5. The Morgan fingerprint density at radius 2 is 2.14 bits per heavy atom. The van der Waals surface area contributed by atoms with Gasteiger partial charge in [0.2, 0.25) is 0 Å². The number of nitrogens with one attached hydrogen (secondary N) is 1.